The molecule has 1 amide bonds. The molecule has 2 heterocycles. The van der Waals surface area contributed by atoms with Gasteiger partial charge in [-0.2, -0.15) is 0 Å². The van der Waals surface area contributed by atoms with Crippen LogP contribution in [-0.2, 0) is 4.79 Å². The lowest BCUT2D eigenvalue weighted by atomic mass is 9.98. The lowest BCUT2D eigenvalue weighted by Crippen LogP contribution is -2.33. The van der Waals surface area contributed by atoms with E-state index in [9.17, 15) is 4.79 Å². The Hall–Kier alpha value is -2.60. The number of nitrogens with one attached hydrogen (secondary N) is 2. The Morgan fingerprint density at radius 1 is 1.00 bits per heavy atom. The number of benzene rings is 2. The Morgan fingerprint density at radius 3 is 2.26 bits per heavy atom. The summed E-state index contributed by atoms with van der Waals surface area (Å²) in [6.07, 6.45) is 4.12. The lowest BCUT2D eigenvalue weighted by molar-refractivity contribution is -0.117. The van der Waals surface area contributed by atoms with Crippen LogP contribution in [0, 0.1) is 5.92 Å². The topological polar surface area (TPSA) is 47.6 Å². The molecule has 31 heavy (non-hydrogen) atoms. The largest absolute Gasteiger partial charge is 0.372 e. The van der Waals surface area contributed by atoms with Crippen molar-refractivity contribution < 1.29 is 4.79 Å². The molecule has 0 aliphatic carbocycles. The van der Waals surface area contributed by atoms with E-state index in [0.29, 0.717) is 11.5 Å². The third kappa shape index (κ3) is 5.37. The summed E-state index contributed by atoms with van der Waals surface area (Å²) in [4.78, 5) is 16.2. The number of carbonyl (C=O) groups excluding carboxylic acids is 1. The molecule has 0 saturated carbocycles. The molecule has 2 aromatic rings. The van der Waals surface area contributed by atoms with Gasteiger partial charge in [0, 0.05) is 43.1 Å². The number of piperidine rings is 1. The predicted molar refractivity (Wildman–Crippen MR) is 133 cm³/mol. The van der Waals surface area contributed by atoms with Crippen molar-refractivity contribution in [2.75, 3.05) is 34.8 Å². The van der Waals surface area contributed by atoms with E-state index in [1.807, 2.05) is 29.2 Å². The Bertz CT molecular complexity index is 904. The Kier molecular flexibility index (Phi) is 6.76. The zero-order chi connectivity index (χ0) is 21.8. The maximum absolute atomic E-state index is 11.9. The van der Waals surface area contributed by atoms with E-state index in [1.54, 1.807) is 0 Å². The van der Waals surface area contributed by atoms with Crippen LogP contribution in [0.15, 0.2) is 48.5 Å². The Morgan fingerprint density at radius 2 is 1.65 bits per heavy atom. The number of thiocarbonyl (C=S) groups is 1. The van der Waals surface area contributed by atoms with Crippen LogP contribution in [-0.4, -0.2) is 30.7 Å². The molecule has 1 atom stereocenters. The van der Waals surface area contributed by atoms with E-state index in [0.717, 1.165) is 43.3 Å². The highest BCUT2D eigenvalue weighted by atomic mass is 32.1. The van der Waals surface area contributed by atoms with Crippen LogP contribution in [0.2, 0.25) is 0 Å². The number of hydrogen-bond acceptors (Lipinski definition) is 3. The van der Waals surface area contributed by atoms with Crippen molar-refractivity contribution in [3.8, 4) is 0 Å². The van der Waals surface area contributed by atoms with E-state index in [-0.39, 0.29) is 11.9 Å². The monoisotopic (exact) mass is 436 g/mol. The molecule has 0 aromatic heterocycles. The SMILES string of the molecule is CC1CCN(c2ccc([C@@H](C)NC(=S)Nc3ccc(N4CCCC4=O)cc3)cc2)CC1. The summed E-state index contributed by atoms with van der Waals surface area (Å²) < 4.78 is 0. The van der Waals surface area contributed by atoms with Crippen LogP contribution in [0.3, 0.4) is 0 Å². The molecule has 164 valence electrons. The van der Waals surface area contributed by atoms with Gasteiger partial charge < -0.3 is 20.4 Å². The molecular weight excluding hydrogens is 404 g/mol. The molecule has 6 heteroatoms. The highest BCUT2D eigenvalue weighted by Crippen LogP contribution is 2.25. The summed E-state index contributed by atoms with van der Waals surface area (Å²) in [5.41, 5.74) is 4.37. The molecule has 2 N–H and O–H groups in total. The molecule has 2 fully saturated rings. The number of hydrogen-bond donors (Lipinski definition) is 2. The van der Waals surface area contributed by atoms with Crippen LogP contribution in [0.25, 0.3) is 0 Å². The highest BCUT2D eigenvalue weighted by molar-refractivity contribution is 7.80. The van der Waals surface area contributed by atoms with Gasteiger partial charge in [0.2, 0.25) is 5.91 Å². The van der Waals surface area contributed by atoms with Gasteiger partial charge in [0.05, 0.1) is 6.04 Å². The van der Waals surface area contributed by atoms with E-state index in [1.165, 1.54) is 24.1 Å². The normalized spacial score (nSPS) is 18.2. The van der Waals surface area contributed by atoms with Crippen LogP contribution in [0.5, 0.6) is 0 Å². The number of carbonyl (C=O) groups is 1. The van der Waals surface area contributed by atoms with Crippen LogP contribution in [0.4, 0.5) is 17.1 Å². The van der Waals surface area contributed by atoms with Gasteiger partial charge in [-0.3, -0.25) is 4.79 Å². The molecule has 5 nitrogen and oxygen atoms in total. The molecule has 0 bridgehead atoms. The van der Waals surface area contributed by atoms with E-state index in [4.69, 9.17) is 12.2 Å². The van der Waals surface area contributed by atoms with Crippen molar-refractivity contribution in [2.45, 2.75) is 45.6 Å². The molecule has 0 unspecified atom stereocenters. The Labute approximate surface area is 190 Å². The van der Waals surface area contributed by atoms with Gasteiger partial charge in [0.15, 0.2) is 5.11 Å². The minimum Gasteiger partial charge on any atom is -0.372 e. The highest BCUT2D eigenvalue weighted by Gasteiger charge is 2.21. The molecule has 2 aliphatic heterocycles. The fraction of sp³-hybridized carbons (Fsp3) is 0.440. The minimum atomic E-state index is 0.108. The zero-order valence-electron chi connectivity index (χ0n) is 18.4. The van der Waals surface area contributed by atoms with Gasteiger partial charge in [-0.15, -0.1) is 0 Å². The summed E-state index contributed by atoms with van der Waals surface area (Å²) in [5.74, 6) is 1.04. The summed E-state index contributed by atoms with van der Waals surface area (Å²) in [6, 6.07) is 16.8. The van der Waals surface area contributed by atoms with Crippen LogP contribution < -0.4 is 20.4 Å². The minimum absolute atomic E-state index is 0.108. The summed E-state index contributed by atoms with van der Waals surface area (Å²) in [6.45, 7) is 7.56. The standard InChI is InChI=1S/C25H32N4OS/c1-18-13-16-28(17-14-18)22-9-5-20(6-10-22)19(2)26-25(31)27-21-7-11-23(12-8-21)29-15-3-4-24(29)30/h5-12,18-19H,3-4,13-17H2,1-2H3,(H2,26,27,31)/t19-/m1/s1. The van der Waals surface area contributed by atoms with Crippen molar-refractivity contribution >= 4 is 40.3 Å². The number of nitrogens with zero attached hydrogens (tertiary/aromatic N) is 2. The van der Waals surface area contributed by atoms with Crippen molar-refractivity contribution in [2.24, 2.45) is 5.92 Å². The first-order valence-electron chi connectivity index (χ1n) is 11.3. The predicted octanol–water partition coefficient (Wildman–Crippen LogP) is 5.10. The van der Waals surface area contributed by atoms with Gasteiger partial charge in [-0.05, 0) is 86.3 Å². The smallest absolute Gasteiger partial charge is 0.227 e. The number of amides is 1. The van der Waals surface area contributed by atoms with Crippen LogP contribution in [0.1, 0.15) is 51.1 Å². The molecule has 0 radical (unpaired) electrons. The fourth-order valence-corrected chi connectivity index (χ4v) is 4.63. The second kappa shape index (κ2) is 9.69. The lowest BCUT2D eigenvalue weighted by Gasteiger charge is -2.32. The van der Waals surface area contributed by atoms with Crippen LogP contribution >= 0.6 is 12.2 Å². The van der Waals surface area contributed by atoms with Gasteiger partial charge in [0.25, 0.3) is 0 Å². The third-order valence-electron chi connectivity index (χ3n) is 6.40. The van der Waals surface area contributed by atoms with Gasteiger partial charge in [-0.25, -0.2) is 0 Å². The van der Waals surface area contributed by atoms with Crippen molar-refractivity contribution in [1.82, 2.24) is 5.32 Å². The maximum atomic E-state index is 11.9. The molecular formula is C25H32N4OS. The molecule has 2 aliphatic rings. The quantitative estimate of drug-likeness (QED) is 0.639. The fourth-order valence-electron chi connectivity index (χ4n) is 4.33. The van der Waals surface area contributed by atoms with Crippen molar-refractivity contribution in [1.29, 1.82) is 0 Å². The van der Waals surface area contributed by atoms with Gasteiger partial charge >= 0.3 is 0 Å². The second-order valence-electron chi connectivity index (χ2n) is 8.78. The molecule has 2 saturated heterocycles. The first kappa shape index (κ1) is 21.6. The average Bonchev–Trinajstić information content (AvgIpc) is 3.21. The van der Waals surface area contributed by atoms with Gasteiger partial charge in [-0.1, -0.05) is 19.1 Å². The first-order valence-corrected chi connectivity index (χ1v) is 11.7. The Balaban J connectivity index is 1.29. The second-order valence-corrected chi connectivity index (χ2v) is 9.19. The molecule has 0 spiro atoms. The summed E-state index contributed by atoms with van der Waals surface area (Å²) in [5, 5.41) is 7.21. The zero-order valence-corrected chi connectivity index (χ0v) is 19.3. The number of anilines is 3. The first-order chi connectivity index (χ1) is 15.0. The van der Waals surface area contributed by atoms with E-state index in [2.05, 4.69) is 53.6 Å². The summed E-state index contributed by atoms with van der Waals surface area (Å²) in [7, 11) is 0. The van der Waals surface area contributed by atoms with E-state index < -0.39 is 0 Å². The molecule has 2 aromatic carbocycles. The van der Waals surface area contributed by atoms with Crippen molar-refractivity contribution in [3.63, 3.8) is 0 Å². The molecule has 4 rings (SSSR count). The average molecular weight is 437 g/mol. The van der Waals surface area contributed by atoms with E-state index >= 15 is 0 Å². The maximum Gasteiger partial charge on any atom is 0.227 e. The third-order valence-corrected chi connectivity index (χ3v) is 6.62. The summed E-state index contributed by atoms with van der Waals surface area (Å²) >= 11 is 5.52. The van der Waals surface area contributed by atoms with Crippen molar-refractivity contribution in [3.05, 3.63) is 54.1 Å². The van der Waals surface area contributed by atoms with Gasteiger partial charge in [0.1, 0.15) is 0 Å². The number of rotatable bonds is 5.